The monoisotopic (exact) mass is 263 g/mol. The Hall–Kier alpha value is -1.45. The Bertz CT molecular complexity index is 495. The van der Waals surface area contributed by atoms with Gasteiger partial charge in [0, 0.05) is 19.3 Å². The summed E-state index contributed by atoms with van der Waals surface area (Å²) in [5, 5.41) is 17.1. The quantitative estimate of drug-likeness (QED) is 0.582. The first kappa shape index (κ1) is 13.6. The third-order valence-electron chi connectivity index (χ3n) is 2.00. The lowest BCUT2D eigenvalue weighted by atomic mass is 10.4. The van der Waals surface area contributed by atoms with Crippen molar-refractivity contribution in [2.45, 2.75) is 24.6 Å². The van der Waals surface area contributed by atoms with E-state index < -0.39 is 28.6 Å². The fraction of sp³-hybridized carbons (Fsp3) is 0.500. The number of nitrogens with zero attached hydrogens (tertiary/aromatic N) is 2. The van der Waals surface area contributed by atoms with Crippen LogP contribution >= 0.6 is 0 Å². The van der Waals surface area contributed by atoms with Crippen molar-refractivity contribution in [3.05, 3.63) is 12.5 Å². The topological polar surface area (TPSA) is 122 Å². The lowest BCUT2D eigenvalue weighted by Gasteiger charge is -2.06. The number of nitrogens with one attached hydrogen (secondary N) is 1. The van der Waals surface area contributed by atoms with Gasteiger partial charge in [-0.3, -0.25) is 0 Å². The molecule has 1 heterocycles. The molecule has 96 valence electrons. The van der Waals surface area contributed by atoms with Gasteiger partial charge in [0.05, 0.1) is 6.33 Å². The van der Waals surface area contributed by atoms with E-state index in [0.717, 1.165) is 0 Å². The molecule has 1 atom stereocenters. The van der Waals surface area contributed by atoms with E-state index >= 15 is 0 Å². The van der Waals surface area contributed by atoms with Crippen LogP contribution in [0.1, 0.15) is 6.92 Å². The van der Waals surface area contributed by atoms with E-state index in [1.165, 1.54) is 12.5 Å². The van der Waals surface area contributed by atoms with E-state index in [2.05, 4.69) is 4.98 Å². The molecule has 0 aromatic carbocycles. The second-order valence-electron chi connectivity index (χ2n) is 3.25. The van der Waals surface area contributed by atoms with Gasteiger partial charge in [-0.2, -0.15) is 0 Å². The molecule has 0 bridgehead atoms. The number of carboxylic acid groups (broad SMARTS) is 1. The number of carboxylic acids is 1. The summed E-state index contributed by atoms with van der Waals surface area (Å²) in [6.45, 7) is 1.79. The number of aliphatic hydroxyl groups is 1. The summed E-state index contributed by atoms with van der Waals surface area (Å²) in [5.41, 5.74) is 0. The van der Waals surface area contributed by atoms with Gasteiger partial charge in [0.15, 0.2) is 11.1 Å². The van der Waals surface area contributed by atoms with Crippen LogP contribution in [0.4, 0.5) is 0 Å². The first-order valence-electron chi connectivity index (χ1n) is 4.79. The summed E-state index contributed by atoms with van der Waals surface area (Å²) in [6, 6.07) is 0. The van der Waals surface area contributed by atoms with Crippen molar-refractivity contribution in [1.29, 1.82) is 0 Å². The minimum absolute atomic E-state index is 0.211. The van der Waals surface area contributed by atoms with Gasteiger partial charge in [-0.05, 0) is 6.92 Å². The molecule has 0 radical (unpaired) electrons. The SMILES string of the molecule is CCn1cnc(S(=O)(=O)NC[C@H](O)C(=O)O)c1. The highest BCUT2D eigenvalue weighted by Crippen LogP contribution is 2.04. The van der Waals surface area contributed by atoms with Crippen LogP contribution in [-0.4, -0.2) is 46.8 Å². The fourth-order valence-corrected chi connectivity index (χ4v) is 1.99. The van der Waals surface area contributed by atoms with Gasteiger partial charge in [0.1, 0.15) is 0 Å². The van der Waals surface area contributed by atoms with Crippen LogP contribution in [0.3, 0.4) is 0 Å². The molecular formula is C8H13N3O5S. The Labute approximate surface area is 98.0 Å². The molecule has 1 aromatic heterocycles. The second-order valence-corrected chi connectivity index (χ2v) is 4.96. The van der Waals surface area contributed by atoms with Crippen LogP contribution in [0.5, 0.6) is 0 Å². The minimum atomic E-state index is -3.88. The number of carbonyl (C=O) groups is 1. The van der Waals surface area contributed by atoms with Gasteiger partial charge in [0.2, 0.25) is 0 Å². The molecule has 0 unspecified atom stereocenters. The molecule has 0 amide bonds. The molecule has 0 aliphatic carbocycles. The number of imidazole rings is 1. The average molecular weight is 263 g/mol. The largest absolute Gasteiger partial charge is 0.479 e. The van der Waals surface area contributed by atoms with Crippen molar-refractivity contribution in [2.24, 2.45) is 0 Å². The van der Waals surface area contributed by atoms with Crippen LogP contribution in [0.2, 0.25) is 0 Å². The summed E-state index contributed by atoms with van der Waals surface area (Å²) in [4.78, 5) is 14.0. The Morgan fingerprint density at radius 1 is 1.65 bits per heavy atom. The average Bonchev–Trinajstić information content (AvgIpc) is 2.75. The van der Waals surface area contributed by atoms with Gasteiger partial charge >= 0.3 is 5.97 Å². The van der Waals surface area contributed by atoms with E-state index in [0.29, 0.717) is 6.54 Å². The molecule has 0 saturated heterocycles. The number of sulfonamides is 1. The summed E-state index contributed by atoms with van der Waals surface area (Å²) in [6.07, 6.45) is 0.885. The Morgan fingerprint density at radius 3 is 2.76 bits per heavy atom. The normalized spacial score (nSPS) is 13.5. The van der Waals surface area contributed by atoms with Gasteiger partial charge in [-0.1, -0.05) is 0 Å². The molecule has 8 nitrogen and oxygen atoms in total. The van der Waals surface area contributed by atoms with Crippen LogP contribution in [0.25, 0.3) is 0 Å². The summed E-state index contributed by atoms with van der Waals surface area (Å²) in [5.74, 6) is -1.49. The number of aliphatic hydroxyl groups excluding tert-OH is 1. The van der Waals surface area contributed by atoms with Crippen molar-refractivity contribution >= 4 is 16.0 Å². The third-order valence-corrected chi connectivity index (χ3v) is 3.31. The predicted molar refractivity (Wildman–Crippen MR) is 56.7 cm³/mol. The Balaban J connectivity index is 2.72. The van der Waals surface area contributed by atoms with Gasteiger partial charge in [-0.15, -0.1) is 0 Å². The van der Waals surface area contributed by atoms with Crippen LogP contribution in [0.15, 0.2) is 17.6 Å². The second kappa shape index (κ2) is 5.25. The summed E-state index contributed by atoms with van der Waals surface area (Å²) in [7, 11) is -3.88. The zero-order valence-electron chi connectivity index (χ0n) is 9.07. The fourth-order valence-electron chi connectivity index (χ4n) is 1.00. The number of hydrogen-bond donors (Lipinski definition) is 3. The zero-order chi connectivity index (χ0) is 13.1. The van der Waals surface area contributed by atoms with E-state index in [-0.39, 0.29) is 5.03 Å². The van der Waals surface area contributed by atoms with Crippen molar-refractivity contribution in [3.63, 3.8) is 0 Å². The molecular weight excluding hydrogens is 250 g/mol. The van der Waals surface area contributed by atoms with Crippen molar-refractivity contribution in [2.75, 3.05) is 6.54 Å². The highest BCUT2D eigenvalue weighted by molar-refractivity contribution is 7.89. The number of aromatic nitrogens is 2. The maximum atomic E-state index is 11.6. The van der Waals surface area contributed by atoms with Gasteiger partial charge in [0.25, 0.3) is 10.0 Å². The van der Waals surface area contributed by atoms with Crippen molar-refractivity contribution in [1.82, 2.24) is 14.3 Å². The van der Waals surface area contributed by atoms with E-state index in [1.807, 2.05) is 11.6 Å². The van der Waals surface area contributed by atoms with Crippen LogP contribution in [-0.2, 0) is 21.4 Å². The van der Waals surface area contributed by atoms with Crippen molar-refractivity contribution in [3.8, 4) is 0 Å². The van der Waals surface area contributed by atoms with E-state index in [9.17, 15) is 13.2 Å². The maximum absolute atomic E-state index is 11.6. The number of aliphatic carboxylic acids is 1. The molecule has 17 heavy (non-hydrogen) atoms. The molecule has 0 aliphatic rings. The predicted octanol–water partition coefficient (Wildman–Crippen LogP) is -1.37. The standard InChI is InChI=1S/C8H13N3O5S/c1-2-11-4-7(9-5-11)17(15,16)10-3-6(12)8(13)14/h4-6,10,12H,2-3H2,1H3,(H,13,14)/t6-/m0/s1. The molecule has 0 fully saturated rings. The maximum Gasteiger partial charge on any atom is 0.333 e. The third kappa shape index (κ3) is 3.51. The summed E-state index contributed by atoms with van der Waals surface area (Å²) >= 11 is 0. The lowest BCUT2D eigenvalue weighted by Crippen LogP contribution is -2.36. The molecule has 1 aromatic rings. The number of aryl methyl sites for hydroxylation is 1. The zero-order valence-corrected chi connectivity index (χ0v) is 9.88. The van der Waals surface area contributed by atoms with Crippen molar-refractivity contribution < 1.29 is 23.4 Å². The molecule has 9 heteroatoms. The minimum Gasteiger partial charge on any atom is -0.479 e. The van der Waals surface area contributed by atoms with Gasteiger partial charge < -0.3 is 14.8 Å². The van der Waals surface area contributed by atoms with Crippen LogP contribution in [0, 0.1) is 0 Å². The molecule has 0 spiro atoms. The molecule has 3 N–H and O–H groups in total. The van der Waals surface area contributed by atoms with Crippen LogP contribution < -0.4 is 4.72 Å². The first-order chi connectivity index (χ1) is 7.86. The van der Waals surface area contributed by atoms with E-state index in [1.54, 1.807) is 4.57 Å². The summed E-state index contributed by atoms with van der Waals surface area (Å²) < 4.78 is 26.7. The lowest BCUT2D eigenvalue weighted by molar-refractivity contribution is -0.146. The first-order valence-corrected chi connectivity index (χ1v) is 6.27. The highest BCUT2D eigenvalue weighted by Gasteiger charge is 2.21. The molecule has 0 saturated carbocycles. The Kier molecular flexibility index (Phi) is 4.21. The number of rotatable bonds is 6. The highest BCUT2D eigenvalue weighted by atomic mass is 32.2. The Morgan fingerprint density at radius 2 is 2.29 bits per heavy atom. The molecule has 0 aliphatic heterocycles. The smallest absolute Gasteiger partial charge is 0.333 e. The number of hydrogen-bond acceptors (Lipinski definition) is 5. The van der Waals surface area contributed by atoms with E-state index in [4.69, 9.17) is 10.2 Å². The van der Waals surface area contributed by atoms with Gasteiger partial charge in [-0.25, -0.2) is 22.9 Å². The molecule has 1 rings (SSSR count).